The summed E-state index contributed by atoms with van der Waals surface area (Å²) < 4.78 is 68.2. The van der Waals surface area contributed by atoms with Gasteiger partial charge in [0, 0.05) is 25.7 Å². The number of carbonyl (C=O) groups excluding carboxylic acids is 4. The maximum atomic E-state index is 13.0. The van der Waals surface area contributed by atoms with Crippen molar-refractivity contribution in [2.45, 2.75) is 362 Å². The van der Waals surface area contributed by atoms with Gasteiger partial charge in [-0.15, -0.1) is 0 Å². The highest BCUT2D eigenvalue weighted by Gasteiger charge is 2.30. The summed E-state index contributed by atoms with van der Waals surface area (Å²) in [5, 5.41) is 10.6. The van der Waals surface area contributed by atoms with Gasteiger partial charge in [-0.3, -0.25) is 37.3 Å². The first-order chi connectivity index (χ1) is 41.9. The van der Waals surface area contributed by atoms with Gasteiger partial charge < -0.3 is 33.8 Å². The summed E-state index contributed by atoms with van der Waals surface area (Å²) in [5.74, 6) is -0.606. The van der Waals surface area contributed by atoms with Crippen molar-refractivity contribution in [3.05, 3.63) is 0 Å². The lowest BCUT2D eigenvalue weighted by atomic mass is 9.99. The molecule has 0 spiro atoms. The smallest absolute Gasteiger partial charge is 0.462 e. The van der Waals surface area contributed by atoms with Gasteiger partial charge in [0.25, 0.3) is 0 Å². The Bertz CT molecular complexity index is 1700. The first kappa shape index (κ1) is 85.1. The molecule has 0 fully saturated rings. The van der Waals surface area contributed by atoms with E-state index >= 15 is 0 Å². The van der Waals surface area contributed by atoms with E-state index in [1.807, 2.05) is 0 Å². The van der Waals surface area contributed by atoms with E-state index < -0.39 is 97.5 Å². The number of phosphoric ester groups is 2. The van der Waals surface area contributed by atoms with E-state index in [1.165, 1.54) is 161 Å². The highest BCUT2D eigenvalue weighted by atomic mass is 31.2. The Kier molecular flexibility index (Phi) is 59.0. The molecule has 6 atom stereocenters. The summed E-state index contributed by atoms with van der Waals surface area (Å²) in [5.41, 5.74) is 0. The second-order valence-corrected chi connectivity index (χ2v) is 28.2. The highest BCUT2D eigenvalue weighted by Crippen LogP contribution is 2.45. The van der Waals surface area contributed by atoms with Crippen molar-refractivity contribution in [1.82, 2.24) is 0 Å². The van der Waals surface area contributed by atoms with Crippen molar-refractivity contribution in [2.24, 2.45) is 11.8 Å². The summed E-state index contributed by atoms with van der Waals surface area (Å²) in [7, 11) is -9.89. The number of esters is 4. The van der Waals surface area contributed by atoms with Crippen LogP contribution >= 0.6 is 15.6 Å². The van der Waals surface area contributed by atoms with Gasteiger partial charge in [0.1, 0.15) is 19.3 Å². The molecule has 0 amide bonds. The quantitative estimate of drug-likeness (QED) is 0.0222. The number of phosphoric acid groups is 2. The van der Waals surface area contributed by atoms with E-state index in [0.29, 0.717) is 25.7 Å². The fraction of sp³-hybridized carbons (Fsp3) is 0.941. The Morgan fingerprint density at radius 1 is 0.333 bits per heavy atom. The fourth-order valence-electron chi connectivity index (χ4n) is 10.2. The predicted octanol–water partition coefficient (Wildman–Crippen LogP) is 19.2. The summed E-state index contributed by atoms with van der Waals surface area (Å²) in [6, 6.07) is 0. The minimum absolute atomic E-state index is 0.105. The van der Waals surface area contributed by atoms with Gasteiger partial charge >= 0.3 is 39.5 Å². The Morgan fingerprint density at radius 2 is 0.586 bits per heavy atom. The minimum Gasteiger partial charge on any atom is -0.462 e. The number of ether oxygens (including phenoxy) is 4. The van der Waals surface area contributed by atoms with Gasteiger partial charge in [-0.05, 0) is 37.5 Å². The molecule has 0 saturated carbocycles. The maximum absolute atomic E-state index is 13.0. The van der Waals surface area contributed by atoms with Crippen LogP contribution in [0.25, 0.3) is 0 Å². The molecule has 0 heterocycles. The zero-order chi connectivity index (χ0) is 64.3. The van der Waals surface area contributed by atoms with Crippen LogP contribution in [0, 0.1) is 11.8 Å². The number of unbranched alkanes of at least 4 members (excludes halogenated alkanes) is 36. The molecule has 87 heavy (non-hydrogen) atoms. The zero-order valence-corrected chi connectivity index (χ0v) is 58.1. The van der Waals surface area contributed by atoms with Gasteiger partial charge in [-0.2, -0.15) is 0 Å². The molecule has 17 nitrogen and oxygen atoms in total. The Labute approximate surface area is 530 Å². The molecule has 0 rings (SSSR count). The van der Waals surface area contributed by atoms with Crippen LogP contribution in [0.4, 0.5) is 0 Å². The van der Waals surface area contributed by atoms with Crippen molar-refractivity contribution in [3.8, 4) is 0 Å². The molecule has 3 unspecified atom stereocenters. The van der Waals surface area contributed by atoms with Crippen molar-refractivity contribution in [1.29, 1.82) is 0 Å². The van der Waals surface area contributed by atoms with Gasteiger partial charge in [0.05, 0.1) is 26.4 Å². The molecule has 0 bridgehead atoms. The first-order valence-corrected chi connectivity index (χ1v) is 38.5. The molecule has 0 aromatic carbocycles. The number of rotatable bonds is 67. The van der Waals surface area contributed by atoms with Crippen LogP contribution in [-0.4, -0.2) is 96.7 Å². The SMILES string of the molecule is CCCCCCCCCCCCCCCC(=O)OC[C@H](COP(=O)(O)OC[C@@H](O)COP(=O)(O)OC[C@@H](COC(=O)CCCCCCCCCCC)OC(=O)CCCCCCCCCCC(C)CC)OC(=O)CCCCCCCCCCCCC(C)C. The Balaban J connectivity index is 5.25. The third kappa shape index (κ3) is 61.3. The molecule has 516 valence electrons. The van der Waals surface area contributed by atoms with Crippen molar-refractivity contribution >= 4 is 39.5 Å². The van der Waals surface area contributed by atoms with E-state index in [9.17, 15) is 43.2 Å². The van der Waals surface area contributed by atoms with Crippen LogP contribution in [0.15, 0.2) is 0 Å². The molecule has 0 aromatic rings. The van der Waals surface area contributed by atoms with E-state index in [-0.39, 0.29) is 25.7 Å². The summed E-state index contributed by atoms with van der Waals surface area (Å²) in [6.45, 7) is 9.51. The molecule has 0 aliphatic carbocycles. The van der Waals surface area contributed by atoms with Gasteiger partial charge in [0.15, 0.2) is 12.2 Å². The molecule has 0 saturated heterocycles. The third-order valence-electron chi connectivity index (χ3n) is 16.1. The topological polar surface area (TPSA) is 237 Å². The fourth-order valence-corrected chi connectivity index (χ4v) is 11.8. The molecule has 0 aromatic heterocycles. The summed E-state index contributed by atoms with van der Waals surface area (Å²) in [4.78, 5) is 72.4. The molecule has 0 radical (unpaired) electrons. The van der Waals surface area contributed by atoms with Crippen LogP contribution in [0.1, 0.15) is 343 Å². The van der Waals surface area contributed by atoms with Crippen LogP contribution < -0.4 is 0 Å². The van der Waals surface area contributed by atoms with E-state index in [4.69, 9.17) is 37.0 Å². The van der Waals surface area contributed by atoms with Crippen LogP contribution in [0.3, 0.4) is 0 Å². The number of hydrogen-bond acceptors (Lipinski definition) is 15. The molecule has 3 N–H and O–H groups in total. The monoisotopic (exact) mass is 1280 g/mol. The van der Waals surface area contributed by atoms with Gasteiger partial charge in [0.2, 0.25) is 0 Å². The second-order valence-electron chi connectivity index (χ2n) is 25.3. The number of aliphatic hydroxyl groups is 1. The number of hydrogen-bond donors (Lipinski definition) is 3. The summed E-state index contributed by atoms with van der Waals surface area (Å²) in [6.07, 6.45) is 44.3. The van der Waals surface area contributed by atoms with E-state index in [0.717, 1.165) is 102 Å². The number of aliphatic hydroxyl groups excluding tert-OH is 1. The lowest BCUT2D eigenvalue weighted by Gasteiger charge is -2.21. The molecular weight excluding hydrogens is 1150 g/mol. The van der Waals surface area contributed by atoms with E-state index in [2.05, 4.69) is 41.5 Å². The molecule has 0 aliphatic rings. The van der Waals surface area contributed by atoms with Gasteiger partial charge in [-0.1, -0.05) is 292 Å². The largest absolute Gasteiger partial charge is 0.472 e. The Hall–Kier alpha value is -1.94. The van der Waals surface area contributed by atoms with E-state index in [1.54, 1.807) is 0 Å². The molecular formula is C68H132O17P2. The van der Waals surface area contributed by atoms with Crippen molar-refractivity contribution in [3.63, 3.8) is 0 Å². The second kappa shape index (κ2) is 60.3. The van der Waals surface area contributed by atoms with Crippen LogP contribution in [-0.2, 0) is 65.4 Å². The van der Waals surface area contributed by atoms with Crippen molar-refractivity contribution < 1.29 is 80.2 Å². The Morgan fingerprint density at radius 3 is 0.874 bits per heavy atom. The van der Waals surface area contributed by atoms with Crippen LogP contribution in [0.2, 0.25) is 0 Å². The minimum atomic E-state index is -4.95. The standard InChI is InChI=1S/C68H132O17P2/c1-7-10-12-14-16-18-19-20-21-26-33-39-45-51-66(71)79-57-63(84-67(72)52-46-40-34-27-23-22-25-30-36-42-48-60(4)5)58-82-86(74,75)80-54-62(69)55-81-87(76,77)83-59-64(56-78-65(70)50-44-38-32-24-17-15-13-11-8-2)85-68(73)53-47-41-35-29-28-31-37-43-49-61(6)9-3/h60-64,69H,7-59H2,1-6H3,(H,74,75)(H,76,77)/t61?,62-,63-,64-/m1/s1. The van der Waals surface area contributed by atoms with Gasteiger partial charge in [-0.25, -0.2) is 9.13 Å². The molecule has 19 heteroatoms. The summed E-state index contributed by atoms with van der Waals surface area (Å²) >= 11 is 0. The highest BCUT2D eigenvalue weighted by molar-refractivity contribution is 7.47. The predicted molar refractivity (Wildman–Crippen MR) is 349 cm³/mol. The average molecular weight is 1280 g/mol. The normalized spacial score (nSPS) is 14.5. The average Bonchev–Trinajstić information content (AvgIpc) is 3.53. The lowest BCUT2D eigenvalue weighted by Crippen LogP contribution is -2.30. The number of carbonyl (C=O) groups is 4. The maximum Gasteiger partial charge on any atom is 0.472 e. The third-order valence-corrected chi connectivity index (χ3v) is 18.0. The van der Waals surface area contributed by atoms with Crippen molar-refractivity contribution in [2.75, 3.05) is 39.6 Å². The zero-order valence-electron chi connectivity index (χ0n) is 56.3. The first-order valence-electron chi connectivity index (χ1n) is 35.5. The lowest BCUT2D eigenvalue weighted by molar-refractivity contribution is -0.161. The van der Waals surface area contributed by atoms with Crippen LogP contribution in [0.5, 0.6) is 0 Å². The molecule has 0 aliphatic heterocycles.